The van der Waals surface area contributed by atoms with E-state index in [1.165, 1.54) is 18.0 Å². The highest BCUT2D eigenvalue weighted by molar-refractivity contribution is 8.17. The van der Waals surface area contributed by atoms with Gasteiger partial charge in [-0.05, 0) is 23.9 Å². The van der Waals surface area contributed by atoms with Crippen LogP contribution in [0, 0.1) is 0 Å². The Balaban J connectivity index is 2.29. The molecule has 0 amide bonds. The first-order valence-corrected chi connectivity index (χ1v) is 5.94. The molecule has 86 valence electrons. The molecular formula is C13H12N2OS. The molecule has 2 rings (SSSR count). The third kappa shape index (κ3) is 3.53. The minimum Gasteiger partial charge on any atom is -0.393 e. The molecule has 2 N–H and O–H groups in total. The fourth-order valence-electron chi connectivity index (χ4n) is 1.23. The summed E-state index contributed by atoms with van der Waals surface area (Å²) in [6.45, 7) is 0. The maximum atomic E-state index is 5.86. The van der Waals surface area contributed by atoms with Crippen LogP contribution in [0.15, 0.2) is 71.1 Å². The smallest absolute Gasteiger partial charge is 0.149 e. The molecule has 0 spiro atoms. The zero-order valence-corrected chi connectivity index (χ0v) is 9.93. The lowest BCUT2D eigenvalue weighted by atomic mass is 10.2. The Hall–Kier alpha value is -1.94. The van der Waals surface area contributed by atoms with Crippen LogP contribution >= 0.6 is 11.8 Å². The summed E-state index contributed by atoms with van der Waals surface area (Å²) < 4.78 is 0. The molecule has 1 aromatic carbocycles. The number of oxime groups is 1. The molecular weight excluding hydrogens is 232 g/mol. The molecule has 1 aliphatic heterocycles. The van der Waals surface area contributed by atoms with E-state index in [0.29, 0.717) is 5.03 Å². The number of nitrogens with zero attached hydrogens (tertiary/aromatic N) is 1. The van der Waals surface area contributed by atoms with E-state index >= 15 is 0 Å². The van der Waals surface area contributed by atoms with Gasteiger partial charge in [0.1, 0.15) is 11.3 Å². The van der Waals surface area contributed by atoms with Gasteiger partial charge in [-0.1, -0.05) is 47.6 Å². The van der Waals surface area contributed by atoms with Crippen LogP contribution in [0.3, 0.4) is 0 Å². The lowest BCUT2D eigenvalue weighted by molar-refractivity contribution is 0.270. The summed E-state index contributed by atoms with van der Waals surface area (Å²) in [5, 5.41) is 5.45. The fraction of sp³-hybridized carbons (Fsp3) is 0. The van der Waals surface area contributed by atoms with Crippen LogP contribution in [-0.4, -0.2) is 5.04 Å². The van der Waals surface area contributed by atoms with Crippen LogP contribution < -0.4 is 5.73 Å². The Morgan fingerprint density at radius 3 is 2.71 bits per heavy atom. The molecule has 1 heterocycles. The largest absolute Gasteiger partial charge is 0.393 e. The number of hydrogen-bond acceptors (Lipinski definition) is 4. The normalized spacial score (nSPS) is 25.6. The van der Waals surface area contributed by atoms with E-state index in [0.717, 1.165) is 10.6 Å². The van der Waals surface area contributed by atoms with Gasteiger partial charge in [0.05, 0.1) is 5.03 Å². The Morgan fingerprint density at radius 1 is 1.06 bits per heavy atom. The molecule has 0 aromatic heterocycles. The van der Waals surface area contributed by atoms with E-state index in [-0.39, 0.29) is 0 Å². The first kappa shape index (κ1) is 11.5. The monoisotopic (exact) mass is 244 g/mol. The van der Waals surface area contributed by atoms with Gasteiger partial charge in [0.15, 0.2) is 0 Å². The molecule has 0 saturated carbocycles. The van der Waals surface area contributed by atoms with Gasteiger partial charge in [0, 0.05) is 5.56 Å². The third-order valence-electron chi connectivity index (χ3n) is 1.99. The quantitative estimate of drug-likeness (QED) is 0.826. The lowest BCUT2D eigenvalue weighted by Gasteiger charge is -2.05. The van der Waals surface area contributed by atoms with E-state index in [4.69, 9.17) is 10.6 Å². The Labute approximate surface area is 104 Å². The SMILES string of the molecule is N\C1=C/C=C/C=C\O/N=C(/c2ccccc2)S1. The molecule has 1 aliphatic rings. The van der Waals surface area contributed by atoms with Crippen molar-refractivity contribution in [1.29, 1.82) is 0 Å². The standard InChI is InChI=1S/C13H12N2OS/c14-12-9-5-2-6-10-16-15-13(17-12)11-7-3-1-4-8-11/h1-10H,14H2/b5-2+,10-6-,12-9+,15-13-. The molecule has 0 aliphatic carbocycles. The zero-order valence-electron chi connectivity index (χ0n) is 9.11. The van der Waals surface area contributed by atoms with Crippen LogP contribution in [0.1, 0.15) is 5.56 Å². The van der Waals surface area contributed by atoms with Crippen molar-refractivity contribution in [2.75, 3.05) is 0 Å². The topological polar surface area (TPSA) is 47.6 Å². The number of nitrogens with two attached hydrogens (primary N) is 1. The number of allylic oxidation sites excluding steroid dienone is 4. The van der Waals surface area contributed by atoms with Crippen LogP contribution in [0.5, 0.6) is 0 Å². The highest BCUT2D eigenvalue weighted by atomic mass is 32.2. The number of hydrogen-bond donors (Lipinski definition) is 1. The molecule has 0 radical (unpaired) electrons. The van der Waals surface area contributed by atoms with Gasteiger partial charge in [-0.3, -0.25) is 0 Å². The summed E-state index contributed by atoms with van der Waals surface area (Å²) in [4.78, 5) is 5.08. The van der Waals surface area contributed by atoms with Crippen molar-refractivity contribution in [1.82, 2.24) is 0 Å². The van der Waals surface area contributed by atoms with Crippen molar-refractivity contribution in [2.24, 2.45) is 10.9 Å². The van der Waals surface area contributed by atoms with E-state index < -0.39 is 0 Å². The molecule has 1 aromatic rings. The summed E-state index contributed by atoms with van der Waals surface area (Å²) in [5.41, 5.74) is 6.84. The second kappa shape index (κ2) is 5.96. The maximum Gasteiger partial charge on any atom is 0.149 e. The third-order valence-corrected chi connectivity index (χ3v) is 2.87. The highest BCUT2D eigenvalue weighted by Crippen LogP contribution is 2.19. The second-order valence-electron chi connectivity index (χ2n) is 3.25. The van der Waals surface area contributed by atoms with E-state index in [9.17, 15) is 0 Å². The number of thioether (sulfide) groups is 1. The Kier molecular flexibility index (Phi) is 4.05. The average molecular weight is 244 g/mol. The van der Waals surface area contributed by atoms with Gasteiger partial charge >= 0.3 is 0 Å². The molecule has 17 heavy (non-hydrogen) atoms. The lowest BCUT2D eigenvalue weighted by Crippen LogP contribution is -2.01. The summed E-state index contributed by atoms with van der Waals surface area (Å²) in [6.07, 6.45) is 8.80. The van der Waals surface area contributed by atoms with Gasteiger partial charge in [0.25, 0.3) is 0 Å². The van der Waals surface area contributed by atoms with Crippen LogP contribution in [0.4, 0.5) is 0 Å². The van der Waals surface area contributed by atoms with Crippen molar-refractivity contribution >= 4 is 16.8 Å². The molecule has 0 unspecified atom stereocenters. The fourth-order valence-corrected chi connectivity index (χ4v) is 1.93. The molecule has 0 fully saturated rings. The first-order chi connectivity index (χ1) is 8.36. The summed E-state index contributed by atoms with van der Waals surface area (Å²) in [5.74, 6) is 0. The van der Waals surface area contributed by atoms with Gasteiger partial charge < -0.3 is 10.6 Å². The van der Waals surface area contributed by atoms with Crippen LogP contribution in [0.2, 0.25) is 0 Å². The van der Waals surface area contributed by atoms with Crippen LogP contribution in [0.25, 0.3) is 0 Å². The van der Waals surface area contributed by atoms with Crippen molar-refractivity contribution in [3.63, 3.8) is 0 Å². The van der Waals surface area contributed by atoms with Crippen molar-refractivity contribution in [2.45, 2.75) is 0 Å². The molecule has 0 saturated heterocycles. The minimum atomic E-state index is 0.669. The first-order valence-electron chi connectivity index (χ1n) is 5.12. The van der Waals surface area contributed by atoms with E-state index in [1.807, 2.05) is 48.6 Å². The Morgan fingerprint density at radius 2 is 1.88 bits per heavy atom. The predicted octanol–water partition coefficient (Wildman–Crippen LogP) is 2.98. The second-order valence-corrected chi connectivity index (χ2v) is 4.31. The van der Waals surface area contributed by atoms with Crippen LogP contribution in [-0.2, 0) is 4.84 Å². The number of rotatable bonds is 1. The zero-order chi connectivity index (χ0) is 11.9. The summed E-state index contributed by atoms with van der Waals surface area (Å²) >= 11 is 1.37. The summed E-state index contributed by atoms with van der Waals surface area (Å²) in [6, 6.07) is 9.79. The van der Waals surface area contributed by atoms with Crippen molar-refractivity contribution in [3.8, 4) is 0 Å². The highest BCUT2D eigenvalue weighted by Gasteiger charge is 2.06. The van der Waals surface area contributed by atoms with Crippen molar-refractivity contribution < 1.29 is 4.84 Å². The molecule has 0 bridgehead atoms. The van der Waals surface area contributed by atoms with Crippen molar-refractivity contribution in [3.05, 3.63) is 71.5 Å². The predicted molar refractivity (Wildman–Crippen MR) is 72.2 cm³/mol. The van der Waals surface area contributed by atoms with Gasteiger partial charge in [0.2, 0.25) is 0 Å². The Bertz CT molecular complexity index is 489. The maximum absolute atomic E-state index is 5.86. The van der Waals surface area contributed by atoms with E-state index in [2.05, 4.69) is 5.16 Å². The van der Waals surface area contributed by atoms with E-state index in [1.54, 1.807) is 6.08 Å². The minimum absolute atomic E-state index is 0.669. The summed E-state index contributed by atoms with van der Waals surface area (Å²) in [7, 11) is 0. The molecule has 4 heteroatoms. The molecule has 3 nitrogen and oxygen atoms in total. The average Bonchev–Trinajstić information content (AvgIpc) is 2.38. The molecule has 0 atom stereocenters. The van der Waals surface area contributed by atoms with Gasteiger partial charge in [-0.25, -0.2) is 0 Å². The van der Waals surface area contributed by atoms with Gasteiger partial charge in [-0.2, -0.15) is 0 Å². The number of benzene rings is 1. The van der Waals surface area contributed by atoms with Gasteiger partial charge in [-0.15, -0.1) is 0 Å².